The van der Waals surface area contributed by atoms with Crippen molar-refractivity contribution in [3.05, 3.63) is 69.7 Å². The molecule has 0 aromatic heterocycles. The zero-order valence-corrected chi connectivity index (χ0v) is 23.2. The Bertz CT molecular complexity index is 1020. The van der Waals surface area contributed by atoms with E-state index in [2.05, 4.69) is 38.8 Å². The first-order chi connectivity index (χ1) is 16.0. The Kier molecular flexibility index (Phi) is 7.52. The summed E-state index contributed by atoms with van der Waals surface area (Å²) >= 11 is 12.6. The minimum Gasteiger partial charge on any atom is -0.415 e. The molecule has 34 heavy (non-hydrogen) atoms. The Labute approximate surface area is 214 Å². The smallest absolute Gasteiger partial charge is 0.249 e. The second-order valence-electron chi connectivity index (χ2n) is 11.1. The quantitative estimate of drug-likeness (QED) is 0.356. The summed E-state index contributed by atoms with van der Waals surface area (Å²) in [4.78, 5) is 15.5. The van der Waals surface area contributed by atoms with Crippen LogP contribution in [0.25, 0.3) is 0 Å². The Balaban J connectivity index is 1.73. The molecule has 1 saturated heterocycles. The molecular formula is C27H35Cl2NO3Si. The van der Waals surface area contributed by atoms with Crippen LogP contribution in [0.4, 0.5) is 0 Å². The van der Waals surface area contributed by atoms with Gasteiger partial charge in [0.15, 0.2) is 8.32 Å². The predicted molar refractivity (Wildman–Crippen MR) is 141 cm³/mol. The molecule has 2 fully saturated rings. The number of carbonyl (C=O) groups is 1. The first-order valence-corrected chi connectivity index (χ1v) is 15.7. The van der Waals surface area contributed by atoms with Crippen LogP contribution in [0.2, 0.25) is 28.2 Å². The predicted octanol–water partition coefficient (Wildman–Crippen LogP) is 7.44. The maximum atomic E-state index is 13.5. The van der Waals surface area contributed by atoms with Gasteiger partial charge in [-0.15, -0.1) is 0 Å². The van der Waals surface area contributed by atoms with Crippen LogP contribution in [0.15, 0.2) is 48.5 Å². The Hall–Kier alpha value is -1.37. The fourth-order valence-corrected chi connectivity index (χ4v) is 5.76. The summed E-state index contributed by atoms with van der Waals surface area (Å²) in [6, 6.07) is 15.2. The van der Waals surface area contributed by atoms with Crippen LogP contribution in [0.1, 0.15) is 56.9 Å². The second kappa shape index (κ2) is 9.94. The highest BCUT2D eigenvalue weighted by atomic mass is 35.5. The number of benzene rings is 2. The van der Waals surface area contributed by atoms with E-state index in [1.807, 2.05) is 48.5 Å². The van der Waals surface area contributed by atoms with Crippen LogP contribution in [0, 0.1) is 5.92 Å². The SMILES string of the molecule is CC(C)(C)[Si](C)(C)OCC(C1CC1)N1C(=O)COC(c2cccc(Cl)c2)C1c1ccc(Cl)cc1. The summed E-state index contributed by atoms with van der Waals surface area (Å²) < 4.78 is 12.9. The topological polar surface area (TPSA) is 38.8 Å². The maximum Gasteiger partial charge on any atom is 0.249 e. The lowest BCUT2D eigenvalue weighted by Crippen LogP contribution is -2.54. The van der Waals surface area contributed by atoms with Gasteiger partial charge in [-0.1, -0.05) is 68.2 Å². The molecule has 0 radical (unpaired) electrons. The number of halogens is 2. The van der Waals surface area contributed by atoms with Crippen molar-refractivity contribution in [1.29, 1.82) is 0 Å². The van der Waals surface area contributed by atoms with Gasteiger partial charge in [0, 0.05) is 10.0 Å². The third kappa shape index (κ3) is 5.55. The molecule has 1 aliphatic heterocycles. The molecule has 1 saturated carbocycles. The summed E-state index contributed by atoms with van der Waals surface area (Å²) in [5.74, 6) is 0.454. The monoisotopic (exact) mass is 519 g/mol. The minimum atomic E-state index is -1.97. The number of ether oxygens (including phenoxy) is 1. The summed E-state index contributed by atoms with van der Waals surface area (Å²) in [5, 5.41) is 1.42. The van der Waals surface area contributed by atoms with E-state index in [4.69, 9.17) is 32.4 Å². The van der Waals surface area contributed by atoms with E-state index in [1.165, 1.54) is 0 Å². The van der Waals surface area contributed by atoms with Crippen LogP contribution >= 0.6 is 23.2 Å². The third-order valence-electron chi connectivity index (χ3n) is 7.59. The summed E-state index contributed by atoms with van der Waals surface area (Å²) in [6.07, 6.45) is 1.91. The van der Waals surface area contributed by atoms with Crippen molar-refractivity contribution in [1.82, 2.24) is 4.90 Å². The van der Waals surface area contributed by atoms with E-state index >= 15 is 0 Å². The van der Waals surface area contributed by atoms with Crippen molar-refractivity contribution in [3.63, 3.8) is 0 Å². The van der Waals surface area contributed by atoms with E-state index in [9.17, 15) is 4.79 Å². The number of hydrogen-bond donors (Lipinski definition) is 0. The van der Waals surface area contributed by atoms with Crippen molar-refractivity contribution in [2.75, 3.05) is 13.2 Å². The van der Waals surface area contributed by atoms with Crippen LogP contribution in [0.5, 0.6) is 0 Å². The lowest BCUT2D eigenvalue weighted by atomic mass is 9.91. The second-order valence-corrected chi connectivity index (χ2v) is 16.7. The van der Waals surface area contributed by atoms with Gasteiger partial charge in [-0.2, -0.15) is 0 Å². The number of rotatable bonds is 7. The average Bonchev–Trinajstić information content (AvgIpc) is 3.60. The fourth-order valence-electron chi connectivity index (χ4n) is 4.41. The molecule has 2 aliphatic rings. The molecule has 7 heteroatoms. The molecule has 3 unspecified atom stereocenters. The Morgan fingerprint density at radius 3 is 2.32 bits per heavy atom. The number of morpholine rings is 1. The highest BCUT2D eigenvalue weighted by Crippen LogP contribution is 2.47. The van der Waals surface area contributed by atoms with E-state index < -0.39 is 8.32 Å². The zero-order valence-electron chi connectivity index (χ0n) is 20.7. The van der Waals surface area contributed by atoms with Crippen LogP contribution in [0.3, 0.4) is 0 Å². The van der Waals surface area contributed by atoms with Gasteiger partial charge < -0.3 is 14.1 Å². The Morgan fingerprint density at radius 2 is 1.74 bits per heavy atom. The maximum absolute atomic E-state index is 13.5. The largest absolute Gasteiger partial charge is 0.415 e. The molecule has 3 atom stereocenters. The molecule has 1 aliphatic carbocycles. The molecule has 1 amide bonds. The van der Waals surface area contributed by atoms with Gasteiger partial charge in [0.1, 0.15) is 12.7 Å². The lowest BCUT2D eigenvalue weighted by Gasteiger charge is -2.47. The number of amides is 1. The van der Waals surface area contributed by atoms with Gasteiger partial charge in [0.05, 0.1) is 18.7 Å². The molecule has 0 spiro atoms. The summed E-state index contributed by atoms with van der Waals surface area (Å²) in [7, 11) is -1.97. The van der Waals surface area contributed by atoms with Gasteiger partial charge in [-0.25, -0.2) is 0 Å². The van der Waals surface area contributed by atoms with Crippen molar-refractivity contribution >= 4 is 37.4 Å². The van der Waals surface area contributed by atoms with E-state index in [-0.39, 0.29) is 35.7 Å². The van der Waals surface area contributed by atoms with Gasteiger partial charge in [-0.05, 0) is 72.3 Å². The van der Waals surface area contributed by atoms with E-state index in [0.717, 1.165) is 24.0 Å². The van der Waals surface area contributed by atoms with Gasteiger partial charge in [0.25, 0.3) is 0 Å². The summed E-state index contributed by atoms with van der Waals surface area (Å²) in [6.45, 7) is 11.9. The fraction of sp³-hybridized carbons (Fsp3) is 0.519. The normalized spacial score (nSPS) is 22.7. The number of nitrogens with zero attached hydrogens (tertiary/aromatic N) is 1. The molecule has 1 heterocycles. The van der Waals surface area contributed by atoms with Crippen LogP contribution in [-0.4, -0.2) is 38.4 Å². The molecular weight excluding hydrogens is 485 g/mol. The lowest BCUT2D eigenvalue weighted by molar-refractivity contribution is -0.165. The highest BCUT2D eigenvalue weighted by Gasteiger charge is 2.48. The minimum absolute atomic E-state index is 0.00730. The zero-order chi connectivity index (χ0) is 24.7. The molecule has 4 nitrogen and oxygen atoms in total. The highest BCUT2D eigenvalue weighted by molar-refractivity contribution is 6.74. The number of carbonyl (C=O) groups excluding carboxylic acids is 1. The standard InChI is InChI=1S/C27H35Cl2NO3Si/c1-27(2,3)34(4,5)33-16-23(18-9-10-18)30-24(31)17-32-26(20-7-6-8-22(29)15-20)25(30)19-11-13-21(28)14-12-19/h6-8,11-15,18,23,25-26H,9-10,16-17H2,1-5H3. The van der Waals surface area contributed by atoms with Crippen molar-refractivity contribution in [3.8, 4) is 0 Å². The first-order valence-electron chi connectivity index (χ1n) is 12.1. The number of hydrogen-bond acceptors (Lipinski definition) is 3. The summed E-state index contributed by atoms with van der Waals surface area (Å²) in [5.41, 5.74) is 1.96. The van der Waals surface area contributed by atoms with Crippen molar-refractivity contribution in [2.24, 2.45) is 5.92 Å². The van der Waals surface area contributed by atoms with Gasteiger partial charge in [-0.3, -0.25) is 4.79 Å². The molecule has 184 valence electrons. The van der Waals surface area contributed by atoms with Crippen LogP contribution < -0.4 is 0 Å². The van der Waals surface area contributed by atoms with Crippen molar-refractivity contribution < 1.29 is 14.0 Å². The van der Waals surface area contributed by atoms with Crippen LogP contribution in [-0.2, 0) is 14.0 Å². The van der Waals surface area contributed by atoms with Gasteiger partial charge in [0.2, 0.25) is 5.91 Å². The third-order valence-corrected chi connectivity index (χ3v) is 12.6. The average molecular weight is 521 g/mol. The van der Waals surface area contributed by atoms with Gasteiger partial charge >= 0.3 is 0 Å². The molecule has 0 bridgehead atoms. The van der Waals surface area contributed by atoms with E-state index in [0.29, 0.717) is 22.6 Å². The molecule has 0 N–H and O–H groups in total. The molecule has 2 aromatic carbocycles. The Morgan fingerprint density at radius 1 is 1.06 bits per heavy atom. The van der Waals surface area contributed by atoms with Crippen molar-refractivity contribution in [2.45, 2.75) is 69.9 Å². The molecule has 2 aromatic rings. The molecule has 4 rings (SSSR count). The first kappa shape index (κ1) is 25.7. The van der Waals surface area contributed by atoms with E-state index in [1.54, 1.807) is 0 Å².